The predicted octanol–water partition coefficient (Wildman–Crippen LogP) is -3.29. The summed E-state index contributed by atoms with van der Waals surface area (Å²) in [7, 11) is 0. The van der Waals surface area contributed by atoms with Gasteiger partial charge in [-0.2, -0.15) is 0 Å². The summed E-state index contributed by atoms with van der Waals surface area (Å²) < 4.78 is 0. The monoisotopic (exact) mass is 693 g/mol. The van der Waals surface area contributed by atoms with Crippen LogP contribution in [0.3, 0.4) is 0 Å². The lowest BCUT2D eigenvalue weighted by molar-refractivity contribution is -0.147. The van der Waals surface area contributed by atoms with Gasteiger partial charge in [-0.15, -0.1) is 0 Å². The first kappa shape index (κ1) is 39.9. The lowest BCUT2D eigenvalue weighted by atomic mass is 10.0. The third-order valence-electron chi connectivity index (χ3n) is 7.58. The zero-order valence-electron chi connectivity index (χ0n) is 27.5. The number of carboxylic acids is 2. The Morgan fingerprint density at radius 2 is 1.69 bits per heavy atom. The topological polar surface area (TPSA) is 328 Å². The number of nitrogens with two attached hydrogens (primary N) is 2. The van der Waals surface area contributed by atoms with Crippen LogP contribution in [0, 0.1) is 11.3 Å². The van der Waals surface area contributed by atoms with Crippen LogP contribution in [0.5, 0.6) is 0 Å². The largest absolute Gasteiger partial charge is 0.481 e. The Balaban J connectivity index is 2.27. The van der Waals surface area contributed by atoms with E-state index in [-0.39, 0.29) is 63.6 Å². The number of carbonyl (C=O) groups excluding carboxylic acids is 5. The molecule has 20 nitrogen and oxygen atoms in total. The van der Waals surface area contributed by atoms with E-state index in [4.69, 9.17) is 22.0 Å². The standard InChI is InChI=1S/C29H47N11O9/c1-15(2)9-18(24(44)39-20(28(48)49)11-23(42)43)38-26(46)21-6-4-8-40(21)27(47)17(5-3-7-34-29(31)32)37-25(45)19(36-22(41)12-30)10-16-13-33-14-35-16/h13-15,17-21H,3-12,30H2,1-2H3,(H,33,35)(H,36,41)(H,37,45)(H,38,46)(H,39,44)(H,42,43)(H,48,49)(H4,31,32,34). The lowest BCUT2D eigenvalue weighted by Gasteiger charge is -2.31. The minimum absolute atomic E-state index is 0.0167. The zero-order chi connectivity index (χ0) is 36.7. The van der Waals surface area contributed by atoms with Crippen molar-refractivity contribution >= 4 is 47.4 Å². The van der Waals surface area contributed by atoms with Gasteiger partial charge in [0.05, 0.1) is 25.0 Å². The molecular formula is C29H47N11O9. The molecule has 0 bridgehead atoms. The lowest BCUT2D eigenvalue weighted by Crippen LogP contribution is -2.59. The average Bonchev–Trinajstić information content (AvgIpc) is 3.73. The molecule has 1 aliphatic rings. The number of aliphatic carboxylic acids is 2. The number of aromatic nitrogens is 2. The summed E-state index contributed by atoms with van der Waals surface area (Å²) in [5, 5.41) is 38.4. The van der Waals surface area contributed by atoms with E-state index >= 15 is 0 Å². The van der Waals surface area contributed by atoms with E-state index in [1.54, 1.807) is 20.0 Å². The van der Waals surface area contributed by atoms with E-state index in [1.165, 1.54) is 11.2 Å². The van der Waals surface area contributed by atoms with E-state index in [1.807, 2.05) is 0 Å². The molecule has 2 heterocycles. The number of guanidine groups is 1. The summed E-state index contributed by atoms with van der Waals surface area (Å²) in [6.45, 7) is 3.50. The maximum atomic E-state index is 14.0. The molecule has 1 fully saturated rings. The van der Waals surface area contributed by atoms with Crippen LogP contribution in [0.1, 0.15) is 58.1 Å². The number of amides is 5. The van der Waals surface area contributed by atoms with Crippen LogP contribution < -0.4 is 38.1 Å². The molecule has 2 rings (SSSR count). The van der Waals surface area contributed by atoms with Gasteiger partial charge in [-0.3, -0.25) is 34.2 Å². The molecule has 49 heavy (non-hydrogen) atoms. The van der Waals surface area contributed by atoms with E-state index < -0.39 is 78.1 Å². The van der Waals surface area contributed by atoms with Crippen molar-refractivity contribution in [1.29, 1.82) is 5.41 Å². The Kier molecular flexibility index (Phi) is 15.9. The van der Waals surface area contributed by atoms with Gasteiger partial charge in [0.15, 0.2) is 5.96 Å². The van der Waals surface area contributed by atoms with Crippen molar-refractivity contribution in [2.45, 2.75) is 89.0 Å². The van der Waals surface area contributed by atoms with Gasteiger partial charge in [-0.1, -0.05) is 13.8 Å². The van der Waals surface area contributed by atoms with Gasteiger partial charge < -0.3 is 58.1 Å². The van der Waals surface area contributed by atoms with Gasteiger partial charge in [-0.05, 0) is 38.0 Å². The summed E-state index contributed by atoms with van der Waals surface area (Å²) in [6, 6.07) is -6.32. The Bertz CT molecular complexity index is 1340. The Morgan fingerprint density at radius 3 is 2.27 bits per heavy atom. The fourth-order valence-electron chi connectivity index (χ4n) is 5.25. The highest BCUT2D eigenvalue weighted by Crippen LogP contribution is 2.21. The van der Waals surface area contributed by atoms with E-state index in [0.29, 0.717) is 12.1 Å². The van der Waals surface area contributed by atoms with E-state index in [2.05, 4.69) is 36.6 Å². The zero-order valence-corrected chi connectivity index (χ0v) is 27.5. The molecule has 5 amide bonds. The van der Waals surface area contributed by atoms with Gasteiger partial charge >= 0.3 is 11.9 Å². The highest BCUT2D eigenvalue weighted by molar-refractivity contribution is 5.96. The number of hydrogen-bond donors (Lipinski definition) is 11. The van der Waals surface area contributed by atoms with Crippen LogP contribution in [-0.4, -0.2) is 122 Å². The smallest absolute Gasteiger partial charge is 0.326 e. The molecule has 5 atom stereocenters. The molecule has 0 aromatic carbocycles. The number of carboxylic acid groups (broad SMARTS) is 2. The summed E-state index contributed by atoms with van der Waals surface area (Å²) in [4.78, 5) is 97.0. The first-order valence-electron chi connectivity index (χ1n) is 15.8. The SMILES string of the molecule is CC(C)CC(NC(=O)C1CCCN1C(=O)C(CCCNC(=N)N)NC(=O)C(Cc1c[nH]cn1)NC(=O)CN)C(=O)NC(CC(=O)O)C(=O)O. The second-order valence-electron chi connectivity index (χ2n) is 12.0. The van der Waals surface area contributed by atoms with Gasteiger partial charge in [0.2, 0.25) is 29.5 Å². The predicted molar refractivity (Wildman–Crippen MR) is 172 cm³/mol. The van der Waals surface area contributed by atoms with Gasteiger partial charge in [0, 0.05) is 25.7 Å². The number of rotatable bonds is 20. The molecule has 0 aliphatic carbocycles. The number of H-pyrrole nitrogens is 1. The number of likely N-dealkylation sites (tertiary alicyclic amines) is 1. The summed E-state index contributed by atoms with van der Waals surface area (Å²) in [5.41, 5.74) is 11.3. The van der Waals surface area contributed by atoms with Crippen molar-refractivity contribution in [2.24, 2.45) is 17.4 Å². The Morgan fingerprint density at radius 1 is 1.02 bits per heavy atom. The van der Waals surface area contributed by atoms with Crippen LogP contribution in [0.2, 0.25) is 0 Å². The van der Waals surface area contributed by atoms with Crippen molar-refractivity contribution in [3.8, 4) is 0 Å². The highest BCUT2D eigenvalue weighted by Gasteiger charge is 2.40. The van der Waals surface area contributed by atoms with E-state index in [0.717, 1.165) is 0 Å². The Hall–Kier alpha value is -5.27. The first-order chi connectivity index (χ1) is 23.1. The van der Waals surface area contributed by atoms with Gasteiger partial charge in [0.1, 0.15) is 30.2 Å². The fourth-order valence-corrected chi connectivity index (χ4v) is 5.25. The molecule has 13 N–H and O–H groups in total. The van der Waals surface area contributed by atoms with Gasteiger partial charge in [-0.25, -0.2) is 9.78 Å². The maximum absolute atomic E-state index is 14.0. The van der Waals surface area contributed by atoms with Crippen LogP contribution in [0.25, 0.3) is 0 Å². The summed E-state index contributed by atoms with van der Waals surface area (Å²) in [6.07, 6.45) is 3.13. The minimum Gasteiger partial charge on any atom is -0.481 e. The van der Waals surface area contributed by atoms with Crippen molar-refractivity contribution < 1.29 is 43.8 Å². The van der Waals surface area contributed by atoms with Gasteiger partial charge in [0.25, 0.3) is 0 Å². The van der Waals surface area contributed by atoms with E-state index in [9.17, 15) is 38.7 Å². The number of hydrogen-bond acceptors (Lipinski definition) is 10. The third-order valence-corrected chi connectivity index (χ3v) is 7.58. The average molecular weight is 694 g/mol. The summed E-state index contributed by atoms with van der Waals surface area (Å²) in [5.74, 6) is -6.92. The van der Waals surface area contributed by atoms with Crippen molar-refractivity contribution in [3.05, 3.63) is 18.2 Å². The normalized spacial score (nSPS) is 16.5. The highest BCUT2D eigenvalue weighted by atomic mass is 16.4. The quantitative estimate of drug-likeness (QED) is 0.0363. The molecule has 0 spiro atoms. The molecule has 1 aliphatic heterocycles. The Labute approximate surface area is 282 Å². The van der Waals surface area contributed by atoms with Crippen LogP contribution in [0.4, 0.5) is 0 Å². The molecule has 0 saturated carbocycles. The van der Waals surface area contributed by atoms with Crippen LogP contribution in [0.15, 0.2) is 12.5 Å². The molecule has 1 aromatic heterocycles. The van der Waals surface area contributed by atoms with Crippen molar-refractivity contribution in [2.75, 3.05) is 19.6 Å². The molecule has 5 unspecified atom stereocenters. The molecule has 1 aromatic rings. The number of imidazole rings is 1. The summed E-state index contributed by atoms with van der Waals surface area (Å²) >= 11 is 0. The second kappa shape index (κ2) is 19.5. The number of nitrogens with one attached hydrogen (secondary N) is 7. The van der Waals surface area contributed by atoms with Crippen LogP contribution >= 0.6 is 0 Å². The minimum atomic E-state index is -1.73. The van der Waals surface area contributed by atoms with Crippen molar-refractivity contribution in [1.82, 2.24) is 41.5 Å². The molecule has 20 heteroatoms. The van der Waals surface area contributed by atoms with Crippen molar-refractivity contribution in [3.63, 3.8) is 0 Å². The number of carbonyl (C=O) groups is 7. The van der Waals surface area contributed by atoms with Crippen LogP contribution in [-0.2, 0) is 40.0 Å². The molecule has 1 saturated heterocycles. The fraction of sp³-hybridized carbons (Fsp3) is 0.621. The number of aromatic amines is 1. The maximum Gasteiger partial charge on any atom is 0.326 e. The third kappa shape index (κ3) is 13.4. The second-order valence-corrected chi connectivity index (χ2v) is 12.0. The first-order valence-corrected chi connectivity index (χ1v) is 15.8. The number of nitrogens with zero attached hydrogens (tertiary/aromatic N) is 2. The molecular weight excluding hydrogens is 646 g/mol. The molecule has 0 radical (unpaired) electrons. The molecule has 272 valence electrons.